The maximum absolute atomic E-state index is 13.1. The van der Waals surface area contributed by atoms with E-state index in [1.165, 1.54) is 193 Å². The van der Waals surface area contributed by atoms with E-state index in [1.807, 2.05) is 6.08 Å². The molecule has 1 saturated heterocycles. The number of ether oxygens (including phenoxy) is 2. The lowest BCUT2D eigenvalue weighted by molar-refractivity contribution is -0.302. The van der Waals surface area contributed by atoms with Crippen LogP contribution in [0.5, 0.6) is 0 Å². The third-order valence-electron chi connectivity index (χ3n) is 13.9. The lowest BCUT2D eigenvalue weighted by atomic mass is 9.99. The van der Waals surface area contributed by atoms with E-state index < -0.39 is 49.5 Å². The van der Waals surface area contributed by atoms with Gasteiger partial charge in [-0.2, -0.15) is 0 Å². The number of hydrogen-bond donors (Lipinski definition) is 6. The zero-order chi connectivity index (χ0) is 50.1. The molecule has 0 bridgehead atoms. The lowest BCUT2D eigenvalue weighted by Crippen LogP contribution is -2.60. The van der Waals surface area contributed by atoms with Gasteiger partial charge in [-0.25, -0.2) is 0 Å². The highest BCUT2D eigenvalue weighted by Gasteiger charge is 2.44. The molecular weight excluding hydrogens is 863 g/mol. The maximum atomic E-state index is 13.1. The molecule has 1 aliphatic rings. The Kier molecular flexibility index (Phi) is 47.0. The molecule has 0 aromatic heterocycles. The monoisotopic (exact) mass is 974 g/mol. The average Bonchev–Trinajstić information content (AvgIpc) is 3.35. The summed E-state index contributed by atoms with van der Waals surface area (Å²) in [6.45, 7) is 3.78. The predicted molar refractivity (Wildman–Crippen MR) is 290 cm³/mol. The summed E-state index contributed by atoms with van der Waals surface area (Å²) in [5.41, 5.74) is 0. The van der Waals surface area contributed by atoms with Crippen molar-refractivity contribution < 1.29 is 39.8 Å². The number of aliphatic hydroxyl groups is 5. The molecule has 0 aromatic carbocycles. The summed E-state index contributed by atoms with van der Waals surface area (Å²) in [6.07, 6.45) is 58.9. The number of rotatable bonds is 50. The highest BCUT2D eigenvalue weighted by atomic mass is 16.7. The second-order valence-corrected chi connectivity index (χ2v) is 20.4. The Morgan fingerprint density at radius 3 is 1.30 bits per heavy atom. The molecule has 0 radical (unpaired) electrons. The average molecular weight is 975 g/mol. The number of aliphatic hydroxyl groups excluding tert-OH is 5. The van der Waals surface area contributed by atoms with E-state index in [0.29, 0.717) is 6.42 Å². The molecule has 6 N–H and O–H groups in total. The Morgan fingerprint density at radius 1 is 0.493 bits per heavy atom. The normalized spacial score (nSPS) is 19.8. The Balaban J connectivity index is 2.26. The van der Waals surface area contributed by atoms with Gasteiger partial charge in [0, 0.05) is 6.42 Å². The van der Waals surface area contributed by atoms with Gasteiger partial charge in [-0.05, 0) is 64.2 Å². The third kappa shape index (κ3) is 39.4. The number of unbranched alkanes of at least 4 members (excludes halogenated alkanes) is 34. The van der Waals surface area contributed by atoms with Crippen molar-refractivity contribution in [3.8, 4) is 0 Å². The van der Waals surface area contributed by atoms with E-state index in [4.69, 9.17) is 9.47 Å². The number of carbonyl (C=O) groups excluding carboxylic acids is 1. The first-order chi connectivity index (χ1) is 33.8. The molecule has 1 rings (SSSR count). The summed E-state index contributed by atoms with van der Waals surface area (Å²) in [7, 11) is 0. The van der Waals surface area contributed by atoms with Gasteiger partial charge >= 0.3 is 0 Å². The van der Waals surface area contributed by atoms with Crippen LogP contribution in [0.15, 0.2) is 48.6 Å². The molecule has 0 aromatic rings. The number of hydrogen-bond acceptors (Lipinski definition) is 8. The van der Waals surface area contributed by atoms with Crippen LogP contribution < -0.4 is 5.32 Å². The van der Waals surface area contributed by atoms with E-state index >= 15 is 0 Å². The van der Waals surface area contributed by atoms with Crippen LogP contribution in [0, 0.1) is 0 Å². The zero-order valence-corrected chi connectivity index (χ0v) is 44.8. The van der Waals surface area contributed by atoms with Gasteiger partial charge in [0.05, 0.1) is 25.4 Å². The second-order valence-electron chi connectivity index (χ2n) is 20.4. The second kappa shape index (κ2) is 49.7. The van der Waals surface area contributed by atoms with Crippen molar-refractivity contribution >= 4 is 5.91 Å². The van der Waals surface area contributed by atoms with Crippen molar-refractivity contribution in [1.29, 1.82) is 0 Å². The minimum atomic E-state index is -1.57. The minimum absolute atomic E-state index is 0.192. The SMILES string of the molecule is CCCCCCCCCCC/C=C\C/C=C\CCCCCCCCCC(=O)NC(COC1OC(CO)C(O)C(O)C1O)C(O)/C=C/CC/C=C/CCCCCCCCCCCCCCCCCCC. The van der Waals surface area contributed by atoms with E-state index in [0.717, 1.165) is 57.8 Å². The molecule has 1 heterocycles. The summed E-state index contributed by atoms with van der Waals surface area (Å²) >= 11 is 0. The first kappa shape index (κ1) is 65.2. The van der Waals surface area contributed by atoms with Gasteiger partial charge in [0.25, 0.3) is 0 Å². The van der Waals surface area contributed by atoms with Crippen LogP contribution >= 0.6 is 0 Å². The molecule has 1 amide bonds. The van der Waals surface area contributed by atoms with Crippen LogP contribution in [0.25, 0.3) is 0 Å². The quantitative estimate of drug-likeness (QED) is 0.0261. The number of carbonyl (C=O) groups is 1. The summed E-state index contributed by atoms with van der Waals surface area (Å²) in [6, 6.07) is -0.828. The van der Waals surface area contributed by atoms with Crippen LogP contribution in [0.2, 0.25) is 0 Å². The molecule has 7 unspecified atom stereocenters. The number of nitrogens with one attached hydrogen (secondary N) is 1. The Hall–Kier alpha value is -1.85. The van der Waals surface area contributed by atoms with Crippen molar-refractivity contribution in [3.63, 3.8) is 0 Å². The molecule has 7 atom stereocenters. The molecule has 0 aliphatic carbocycles. The molecule has 1 fully saturated rings. The van der Waals surface area contributed by atoms with E-state index in [1.54, 1.807) is 6.08 Å². The Labute approximate surface area is 424 Å². The largest absolute Gasteiger partial charge is 0.394 e. The standard InChI is InChI=1S/C60H111NO8/c1-3-5-7-9-11-13-15-17-19-21-23-25-27-29-31-33-35-37-39-41-43-45-47-49-54(63)53(52-68-60-59(67)58(66)57(65)55(51-62)69-60)61-56(64)50-48-46-44-42-40-38-36-34-32-30-28-26-24-22-20-18-16-14-12-10-8-6-4-2/h24,26,30,32,39,41,47,49,53-55,57-60,62-63,65-67H,3-23,25,27-29,31,33-38,40,42-46,48,50-52H2,1-2H3,(H,61,64)/b26-24-,32-30-,41-39+,49-47+. The van der Waals surface area contributed by atoms with E-state index in [2.05, 4.69) is 55.6 Å². The van der Waals surface area contributed by atoms with Crippen LogP contribution in [-0.4, -0.2) is 87.5 Å². The first-order valence-corrected chi connectivity index (χ1v) is 29.4. The van der Waals surface area contributed by atoms with E-state index in [-0.39, 0.29) is 12.5 Å². The van der Waals surface area contributed by atoms with Crippen molar-refractivity contribution in [3.05, 3.63) is 48.6 Å². The van der Waals surface area contributed by atoms with Crippen molar-refractivity contribution in [1.82, 2.24) is 5.32 Å². The number of allylic oxidation sites excluding steroid dienone is 7. The molecule has 404 valence electrons. The van der Waals surface area contributed by atoms with E-state index in [9.17, 15) is 30.3 Å². The van der Waals surface area contributed by atoms with Crippen LogP contribution in [0.3, 0.4) is 0 Å². The third-order valence-corrected chi connectivity index (χ3v) is 13.9. The maximum Gasteiger partial charge on any atom is 0.220 e. The Bertz CT molecular complexity index is 1220. The van der Waals surface area contributed by atoms with Gasteiger partial charge in [-0.15, -0.1) is 0 Å². The molecule has 69 heavy (non-hydrogen) atoms. The summed E-state index contributed by atoms with van der Waals surface area (Å²) in [5.74, 6) is -0.192. The fraction of sp³-hybridized carbons (Fsp3) is 0.850. The molecule has 0 saturated carbocycles. The van der Waals surface area contributed by atoms with Gasteiger partial charge in [-0.3, -0.25) is 4.79 Å². The summed E-state index contributed by atoms with van der Waals surface area (Å²) < 4.78 is 11.3. The Morgan fingerprint density at radius 2 is 0.870 bits per heavy atom. The topological polar surface area (TPSA) is 149 Å². The molecule has 9 heteroatoms. The molecule has 9 nitrogen and oxygen atoms in total. The van der Waals surface area contributed by atoms with Gasteiger partial charge < -0.3 is 40.3 Å². The zero-order valence-electron chi connectivity index (χ0n) is 44.8. The summed E-state index contributed by atoms with van der Waals surface area (Å²) in [4.78, 5) is 13.1. The smallest absolute Gasteiger partial charge is 0.220 e. The minimum Gasteiger partial charge on any atom is -0.394 e. The van der Waals surface area contributed by atoms with Crippen LogP contribution in [0.1, 0.15) is 271 Å². The van der Waals surface area contributed by atoms with Crippen LogP contribution in [-0.2, 0) is 14.3 Å². The molecular formula is C60H111NO8. The highest BCUT2D eigenvalue weighted by molar-refractivity contribution is 5.76. The van der Waals surface area contributed by atoms with Crippen molar-refractivity contribution in [2.24, 2.45) is 0 Å². The summed E-state index contributed by atoms with van der Waals surface area (Å²) in [5, 5.41) is 54.5. The van der Waals surface area contributed by atoms with Gasteiger partial charge in [0.1, 0.15) is 24.4 Å². The van der Waals surface area contributed by atoms with Crippen molar-refractivity contribution in [2.75, 3.05) is 13.2 Å². The number of amides is 1. The van der Waals surface area contributed by atoms with Gasteiger partial charge in [0.2, 0.25) is 5.91 Å². The fourth-order valence-electron chi connectivity index (χ4n) is 9.20. The molecule has 0 spiro atoms. The van der Waals surface area contributed by atoms with Crippen LogP contribution in [0.4, 0.5) is 0 Å². The van der Waals surface area contributed by atoms with Gasteiger partial charge in [-0.1, -0.05) is 249 Å². The van der Waals surface area contributed by atoms with Crippen molar-refractivity contribution in [2.45, 2.75) is 314 Å². The molecule has 1 aliphatic heterocycles. The predicted octanol–water partition coefficient (Wildman–Crippen LogP) is 14.5. The van der Waals surface area contributed by atoms with Gasteiger partial charge in [0.15, 0.2) is 6.29 Å². The fourth-order valence-corrected chi connectivity index (χ4v) is 9.20. The first-order valence-electron chi connectivity index (χ1n) is 29.4. The lowest BCUT2D eigenvalue weighted by Gasteiger charge is -2.40. The highest BCUT2D eigenvalue weighted by Crippen LogP contribution is 2.23.